The van der Waals surface area contributed by atoms with E-state index < -0.39 is 11.6 Å². The minimum absolute atomic E-state index is 0.0494. The lowest BCUT2D eigenvalue weighted by Gasteiger charge is -2.18. The summed E-state index contributed by atoms with van der Waals surface area (Å²) in [4.78, 5) is 22.8. The maximum Gasteiger partial charge on any atom is 0.337 e. The molecule has 1 atom stereocenters. The quantitative estimate of drug-likeness (QED) is 0.656. The van der Waals surface area contributed by atoms with Gasteiger partial charge in [0, 0.05) is 5.02 Å². The molecular formula is C19H20ClNO5. The van der Waals surface area contributed by atoms with Crippen molar-refractivity contribution in [1.82, 2.24) is 5.32 Å². The van der Waals surface area contributed by atoms with E-state index in [-0.39, 0.29) is 18.9 Å². The minimum Gasteiger partial charge on any atom is -0.489 e. The highest BCUT2D eigenvalue weighted by atomic mass is 35.5. The highest BCUT2D eigenvalue weighted by Crippen LogP contribution is 2.17. The fourth-order valence-electron chi connectivity index (χ4n) is 2.09. The Balaban J connectivity index is 1.89. The van der Waals surface area contributed by atoms with Crippen molar-refractivity contribution in [3.8, 4) is 5.75 Å². The van der Waals surface area contributed by atoms with Crippen molar-refractivity contribution < 1.29 is 24.5 Å². The number of ether oxygens (including phenoxy) is 1. The van der Waals surface area contributed by atoms with Gasteiger partial charge in [-0.1, -0.05) is 35.9 Å². The van der Waals surface area contributed by atoms with Crippen LogP contribution in [-0.4, -0.2) is 34.2 Å². The van der Waals surface area contributed by atoms with Gasteiger partial charge in [-0.25, -0.2) is 4.79 Å². The van der Waals surface area contributed by atoms with Crippen molar-refractivity contribution >= 4 is 23.5 Å². The fraction of sp³-hybridized carbons (Fsp3) is 0.263. The number of hydrogen-bond acceptors (Lipinski definition) is 4. The predicted molar refractivity (Wildman–Crippen MR) is 97.2 cm³/mol. The molecule has 1 unspecified atom stereocenters. The van der Waals surface area contributed by atoms with Gasteiger partial charge in [-0.05, 0) is 42.3 Å². The van der Waals surface area contributed by atoms with Crippen molar-refractivity contribution in [1.29, 1.82) is 0 Å². The Morgan fingerprint density at radius 2 is 1.85 bits per heavy atom. The zero-order valence-corrected chi connectivity index (χ0v) is 15.0. The molecule has 2 aromatic carbocycles. The number of benzene rings is 2. The molecule has 2 aromatic rings. The minimum atomic E-state index is -2.00. The number of amides is 1. The summed E-state index contributed by atoms with van der Waals surface area (Å²) in [7, 11) is 0. The van der Waals surface area contributed by atoms with Gasteiger partial charge in [0.2, 0.25) is 5.91 Å². The number of halogens is 1. The van der Waals surface area contributed by atoms with Crippen LogP contribution in [0.5, 0.6) is 5.75 Å². The molecule has 3 N–H and O–H groups in total. The van der Waals surface area contributed by atoms with E-state index in [1.165, 1.54) is 0 Å². The van der Waals surface area contributed by atoms with Crippen LogP contribution in [0.4, 0.5) is 0 Å². The van der Waals surface area contributed by atoms with Crippen LogP contribution < -0.4 is 10.1 Å². The first-order chi connectivity index (χ1) is 12.3. The van der Waals surface area contributed by atoms with Crippen LogP contribution in [0, 0.1) is 0 Å². The van der Waals surface area contributed by atoms with Gasteiger partial charge in [-0.3, -0.25) is 4.79 Å². The topological polar surface area (TPSA) is 95.9 Å². The molecule has 0 aromatic heterocycles. The van der Waals surface area contributed by atoms with Crippen LogP contribution >= 0.6 is 11.6 Å². The Kier molecular flexibility index (Phi) is 6.60. The van der Waals surface area contributed by atoms with E-state index in [4.69, 9.17) is 21.4 Å². The van der Waals surface area contributed by atoms with Crippen LogP contribution in [0.2, 0.25) is 5.02 Å². The summed E-state index contributed by atoms with van der Waals surface area (Å²) in [5.74, 6) is -1.17. The Hall–Kier alpha value is -2.57. The molecule has 0 aliphatic carbocycles. The zero-order chi connectivity index (χ0) is 19.2. The van der Waals surface area contributed by atoms with Crippen LogP contribution in [-0.2, 0) is 22.6 Å². The maximum atomic E-state index is 11.9. The van der Waals surface area contributed by atoms with Gasteiger partial charge in [-0.15, -0.1) is 0 Å². The lowest BCUT2D eigenvalue weighted by Crippen LogP contribution is -2.46. The van der Waals surface area contributed by atoms with Gasteiger partial charge < -0.3 is 20.3 Å². The molecule has 0 saturated heterocycles. The molecule has 0 aliphatic heterocycles. The largest absolute Gasteiger partial charge is 0.489 e. The van der Waals surface area contributed by atoms with E-state index in [1.54, 1.807) is 36.4 Å². The lowest BCUT2D eigenvalue weighted by atomic mass is 10.1. The van der Waals surface area contributed by atoms with Gasteiger partial charge in [0.25, 0.3) is 0 Å². The molecular weight excluding hydrogens is 358 g/mol. The second kappa shape index (κ2) is 8.69. The smallest absolute Gasteiger partial charge is 0.337 e. The third-order valence-electron chi connectivity index (χ3n) is 3.67. The Bertz CT molecular complexity index is 774. The van der Waals surface area contributed by atoms with Crippen molar-refractivity contribution in [2.75, 3.05) is 6.54 Å². The SMILES string of the molecule is CC(O)(CNC(=O)Cc1cccc(OCc2ccc(Cl)cc2)c1)C(=O)O. The first kappa shape index (κ1) is 19.8. The van der Waals surface area contributed by atoms with Crippen molar-refractivity contribution in [2.24, 2.45) is 0 Å². The van der Waals surface area contributed by atoms with E-state index in [0.717, 1.165) is 12.5 Å². The van der Waals surface area contributed by atoms with Gasteiger partial charge >= 0.3 is 5.97 Å². The lowest BCUT2D eigenvalue weighted by molar-refractivity contribution is -0.156. The van der Waals surface area contributed by atoms with Gasteiger partial charge in [0.15, 0.2) is 5.60 Å². The number of nitrogens with one attached hydrogen (secondary N) is 1. The van der Waals surface area contributed by atoms with E-state index in [0.29, 0.717) is 22.9 Å². The summed E-state index contributed by atoms with van der Waals surface area (Å²) in [5, 5.41) is 21.5. The summed E-state index contributed by atoms with van der Waals surface area (Å²) in [5.41, 5.74) is -0.321. The number of carbonyl (C=O) groups is 2. The highest BCUT2D eigenvalue weighted by molar-refractivity contribution is 6.30. The molecule has 0 radical (unpaired) electrons. The van der Waals surface area contributed by atoms with Gasteiger partial charge in [0.05, 0.1) is 13.0 Å². The first-order valence-electron chi connectivity index (χ1n) is 7.95. The van der Waals surface area contributed by atoms with Crippen LogP contribution in [0.3, 0.4) is 0 Å². The Morgan fingerprint density at radius 3 is 2.50 bits per heavy atom. The summed E-state index contributed by atoms with van der Waals surface area (Å²) in [6, 6.07) is 14.4. The van der Waals surface area contributed by atoms with E-state index in [2.05, 4.69) is 5.32 Å². The number of carboxylic acids is 1. The molecule has 26 heavy (non-hydrogen) atoms. The number of aliphatic carboxylic acids is 1. The average Bonchev–Trinajstić information content (AvgIpc) is 2.60. The third kappa shape index (κ3) is 6.06. The monoisotopic (exact) mass is 377 g/mol. The van der Waals surface area contributed by atoms with Crippen molar-refractivity contribution in [3.05, 3.63) is 64.7 Å². The molecule has 6 nitrogen and oxygen atoms in total. The van der Waals surface area contributed by atoms with Gasteiger partial charge in [-0.2, -0.15) is 0 Å². The van der Waals surface area contributed by atoms with Crippen LogP contribution in [0.1, 0.15) is 18.1 Å². The van der Waals surface area contributed by atoms with Crippen molar-refractivity contribution in [3.63, 3.8) is 0 Å². The predicted octanol–water partition coefficient (Wildman–Crippen LogP) is 2.41. The van der Waals surface area contributed by atoms with Gasteiger partial charge in [0.1, 0.15) is 12.4 Å². The maximum absolute atomic E-state index is 11.9. The molecule has 0 saturated carbocycles. The molecule has 1 amide bonds. The summed E-state index contributed by atoms with van der Waals surface area (Å²) >= 11 is 5.84. The number of rotatable bonds is 8. The molecule has 2 rings (SSSR count). The summed E-state index contributed by atoms with van der Waals surface area (Å²) in [6.45, 7) is 1.13. The zero-order valence-electron chi connectivity index (χ0n) is 14.2. The number of carbonyl (C=O) groups excluding carboxylic acids is 1. The second-order valence-corrected chi connectivity index (χ2v) is 6.53. The second-order valence-electron chi connectivity index (χ2n) is 6.10. The normalized spacial score (nSPS) is 12.9. The summed E-state index contributed by atoms with van der Waals surface area (Å²) in [6.07, 6.45) is 0.0494. The van der Waals surface area contributed by atoms with Crippen LogP contribution in [0.15, 0.2) is 48.5 Å². The standard InChI is InChI=1S/C19H20ClNO5/c1-19(25,18(23)24)12-21-17(22)10-14-3-2-4-16(9-14)26-11-13-5-7-15(20)8-6-13/h2-9,25H,10-12H2,1H3,(H,21,22)(H,23,24). The number of carboxylic acid groups (broad SMARTS) is 1. The average molecular weight is 378 g/mol. The van der Waals surface area contributed by atoms with E-state index in [1.807, 2.05) is 12.1 Å². The fourth-order valence-corrected chi connectivity index (χ4v) is 2.21. The van der Waals surface area contributed by atoms with E-state index >= 15 is 0 Å². The molecule has 0 fully saturated rings. The number of aliphatic hydroxyl groups is 1. The molecule has 0 aliphatic rings. The Labute approximate surface area is 156 Å². The molecule has 0 heterocycles. The van der Waals surface area contributed by atoms with E-state index in [9.17, 15) is 14.7 Å². The Morgan fingerprint density at radius 1 is 1.15 bits per heavy atom. The summed E-state index contributed by atoms with van der Waals surface area (Å²) < 4.78 is 5.71. The molecule has 7 heteroatoms. The van der Waals surface area contributed by atoms with Crippen molar-refractivity contribution in [2.45, 2.75) is 25.6 Å². The highest BCUT2D eigenvalue weighted by Gasteiger charge is 2.30. The molecule has 0 bridgehead atoms. The molecule has 0 spiro atoms. The van der Waals surface area contributed by atoms with Crippen LogP contribution in [0.25, 0.3) is 0 Å². The first-order valence-corrected chi connectivity index (χ1v) is 8.33. The number of hydrogen-bond donors (Lipinski definition) is 3. The molecule has 138 valence electrons. The third-order valence-corrected chi connectivity index (χ3v) is 3.92.